The van der Waals surface area contributed by atoms with Crippen LogP contribution in [0.1, 0.15) is 41.4 Å². The molecule has 160 valence electrons. The van der Waals surface area contributed by atoms with Gasteiger partial charge in [0.25, 0.3) is 5.91 Å². The predicted octanol–water partition coefficient (Wildman–Crippen LogP) is 3.25. The van der Waals surface area contributed by atoms with E-state index in [2.05, 4.69) is 15.5 Å². The van der Waals surface area contributed by atoms with E-state index in [1.807, 2.05) is 61.2 Å². The monoisotopic (exact) mass is 410 g/mol. The number of carboxylic acid groups (broad SMARTS) is 1. The Balaban J connectivity index is 1.93. The Morgan fingerprint density at radius 2 is 1.73 bits per heavy atom. The standard InChI is InChI=1S/C23H30N4O3/c1-3-26(4-2)22(28)18-10-8-17(9-11-18)21(27-14-12-24-13-15-27)19-6-5-7-20(16-19)25-23(29)30/h5-11,16,21,24-25H,3-4,12-15H2,1-2H3,(H,29,30). The lowest BCUT2D eigenvalue weighted by Crippen LogP contribution is -2.45. The molecule has 0 spiro atoms. The molecule has 2 aromatic rings. The third-order valence-corrected chi connectivity index (χ3v) is 5.49. The molecular formula is C23H30N4O3. The number of carbonyl (C=O) groups excluding carboxylic acids is 1. The van der Waals surface area contributed by atoms with Crippen molar-refractivity contribution < 1.29 is 14.7 Å². The quantitative estimate of drug-likeness (QED) is 0.653. The Kier molecular flexibility index (Phi) is 7.43. The van der Waals surface area contributed by atoms with Gasteiger partial charge in [0.2, 0.25) is 0 Å². The highest BCUT2D eigenvalue weighted by Gasteiger charge is 2.25. The fraction of sp³-hybridized carbons (Fsp3) is 0.391. The van der Waals surface area contributed by atoms with E-state index in [4.69, 9.17) is 5.11 Å². The van der Waals surface area contributed by atoms with Crippen molar-refractivity contribution in [3.05, 3.63) is 65.2 Å². The second-order valence-electron chi connectivity index (χ2n) is 7.34. The van der Waals surface area contributed by atoms with E-state index in [1.165, 1.54) is 0 Å². The zero-order chi connectivity index (χ0) is 21.5. The van der Waals surface area contributed by atoms with Crippen molar-refractivity contribution in [2.45, 2.75) is 19.9 Å². The van der Waals surface area contributed by atoms with Crippen molar-refractivity contribution in [2.24, 2.45) is 0 Å². The number of carbonyl (C=O) groups is 2. The third kappa shape index (κ3) is 5.17. The number of piperazine rings is 1. The van der Waals surface area contributed by atoms with E-state index in [0.29, 0.717) is 24.3 Å². The van der Waals surface area contributed by atoms with E-state index in [0.717, 1.165) is 37.3 Å². The molecule has 1 heterocycles. The summed E-state index contributed by atoms with van der Waals surface area (Å²) in [7, 11) is 0. The van der Waals surface area contributed by atoms with E-state index >= 15 is 0 Å². The largest absolute Gasteiger partial charge is 0.465 e. The molecule has 30 heavy (non-hydrogen) atoms. The summed E-state index contributed by atoms with van der Waals surface area (Å²) in [5.41, 5.74) is 3.34. The second kappa shape index (κ2) is 10.2. The first-order valence-electron chi connectivity index (χ1n) is 10.5. The van der Waals surface area contributed by atoms with Crippen LogP contribution in [0, 0.1) is 0 Å². The molecule has 7 heteroatoms. The van der Waals surface area contributed by atoms with E-state index in [9.17, 15) is 9.59 Å². The minimum Gasteiger partial charge on any atom is -0.465 e. The van der Waals surface area contributed by atoms with Gasteiger partial charge in [-0.05, 0) is 49.2 Å². The Morgan fingerprint density at radius 1 is 1.07 bits per heavy atom. The molecule has 0 aliphatic carbocycles. The fourth-order valence-electron chi connectivity index (χ4n) is 3.97. The smallest absolute Gasteiger partial charge is 0.409 e. The van der Waals surface area contributed by atoms with Crippen molar-refractivity contribution >= 4 is 17.7 Å². The number of anilines is 1. The molecule has 0 aromatic heterocycles. The Bertz CT molecular complexity index is 859. The zero-order valence-electron chi connectivity index (χ0n) is 17.6. The molecule has 1 saturated heterocycles. The topological polar surface area (TPSA) is 84.9 Å². The molecule has 2 aromatic carbocycles. The first-order valence-corrected chi connectivity index (χ1v) is 10.5. The van der Waals surface area contributed by atoms with Crippen LogP contribution in [-0.4, -0.2) is 66.2 Å². The molecule has 3 N–H and O–H groups in total. The molecule has 1 fully saturated rings. The first kappa shape index (κ1) is 21.8. The summed E-state index contributed by atoms with van der Waals surface area (Å²) in [6.07, 6.45) is -1.08. The van der Waals surface area contributed by atoms with E-state index in [1.54, 1.807) is 6.07 Å². The molecule has 2 amide bonds. The van der Waals surface area contributed by atoms with E-state index < -0.39 is 6.09 Å². The lowest BCUT2D eigenvalue weighted by molar-refractivity contribution is 0.0773. The molecule has 0 bridgehead atoms. The van der Waals surface area contributed by atoms with Crippen LogP contribution in [0.15, 0.2) is 48.5 Å². The van der Waals surface area contributed by atoms with Gasteiger partial charge in [-0.25, -0.2) is 4.79 Å². The predicted molar refractivity (Wildman–Crippen MR) is 118 cm³/mol. The van der Waals surface area contributed by atoms with Crippen LogP contribution in [-0.2, 0) is 0 Å². The molecular weight excluding hydrogens is 380 g/mol. The Labute approximate surface area is 177 Å². The van der Waals surface area contributed by atoms with Gasteiger partial charge in [0.05, 0.1) is 6.04 Å². The summed E-state index contributed by atoms with van der Waals surface area (Å²) in [5, 5.41) is 14.9. The van der Waals surface area contributed by atoms with Crippen LogP contribution >= 0.6 is 0 Å². The summed E-state index contributed by atoms with van der Waals surface area (Å²) < 4.78 is 0. The minimum atomic E-state index is -1.08. The number of nitrogens with one attached hydrogen (secondary N) is 2. The number of hydrogen-bond acceptors (Lipinski definition) is 4. The Hall–Kier alpha value is -2.90. The van der Waals surface area contributed by atoms with Gasteiger partial charge in [-0.2, -0.15) is 0 Å². The highest BCUT2D eigenvalue weighted by Crippen LogP contribution is 2.31. The molecule has 1 atom stereocenters. The molecule has 7 nitrogen and oxygen atoms in total. The van der Waals surface area contributed by atoms with Gasteiger partial charge in [0.15, 0.2) is 0 Å². The van der Waals surface area contributed by atoms with Crippen LogP contribution in [0.2, 0.25) is 0 Å². The lowest BCUT2D eigenvalue weighted by atomic mass is 9.95. The average Bonchev–Trinajstić information content (AvgIpc) is 2.76. The average molecular weight is 411 g/mol. The van der Waals surface area contributed by atoms with Crippen molar-refractivity contribution in [1.82, 2.24) is 15.1 Å². The Morgan fingerprint density at radius 3 is 2.33 bits per heavy atom. The minimum absolute atomic E-state index is 0.0137. The van der Waals surface area contributed by atoms with Crippen LogP contribution in [0.25, 0.3) is 0 Å². The maximum atomic E-state index is 12.7. The van der Waals surface area contributed by atoms with Crippen LogP contribution in [0.4, 0.5) is 10.5 Å². The zero-order valence-corrected chi connectivity index (χ0v) is 17.6. The fourth-order valence-corrected chi connectivity index (χ4v) is 3.97. The van der Waals surface area contributed by atoms with Crippen molar-refractivity contribution in [1.29, 1.82) is 0 Å². The molecule has 1 unspecified atom stereocenters. The number of benzene rings is 2. The number of hydrogen-bond donors (Lipinski definition) is 3. The van der Waals surface area contributed by atoms with Crippen molar-refractivity contribution in [3.8, 4) is 0 Å². The summed E-state index contributed by atoms with van der Waals surface area (Å²) in [6.45, 7) is 8.92. The molecule has 3 rings (SSSR count). The molecule has 1 aliphatic rings. The van der Waals surface area contributed by atoms with Gasteiger partial charge in [-0.3, -0.25) is 15.0 Å². The molecule has 0 saturated carbocycles. The van der Waals surface area contributed by atoms with Crippen LogP contribution in [0.3, 0.4) is 0 Å². The normalized spacial score (nSPS) is 15.4. The SMILES string of the molecule is CCN(CC)C(=O)c1ccc(C(c2cccc(NC(=O)O)c2)N2CCNCC2)cc1. The van der Waals surface area contributed by atoms with Gasteiger partial charge < -0.3 is 15.3 Å². The van der Waals surface area contributed by atoms with Crippen molar-refractivity contribution in [3.63, 3.8) is 0 Å². The van der Waals surface area contributed by atoms with Gasteiger partial charge in [-0.1, -0.05) is 24.3 Å². The van der Waals surface area contributed by atoms with Gasteiger partial charge in [0.1, 0.15) is 0 Å². The number of nitrogens with zero attached hydrogens (tertiary/aromatic N) is 2. The maximum Gasteiger partial charge on any atom is 0.409 e. The first-order chi connectivity index (χ1) is 14.5. The third-order valence-electron chi connectivity index (χ3n) is 5.49. The number of amides is 2. The van der Waals surface area contributed by atoms with Crippen LogP contribution in [0.5, 0.6) is 0 Å². The highest BCUT2D eigenvalue weighted by molar-refractivity contribution is 5.94. The van der Waals surface area contributed by atoms with Gasteiger partial charge in [0, 0.05) is 50.5 Å². The van der Waals surface area contributed by atoms with Crippen LogP contribution < -0.4 is 10.6 Å². The highest BCUT2D eigenvalue weighted by atomic mass is 16.4. The summed E-state index contributed by atoms with van der Waals surface area (Å²) in [6, 6.07) is 15.3. The second-order valence-corrected chi connectivity index (χ2v) is 7.34. The van der Waals surface area contributed by atoms with Gasteiger partial charge >= 0.3 is 6.09 Å². The van der Waals surface area contributed by atoms with Crippen molar-refractivity contribution in [2.75, 3.05) is 44.6 Å². The summed E-state index contributed by atoms with van der Waals surface area (Å²) in [4.78, 5) is 27.9. The summed E-state index contributed by atoms with van der Waals surface area (Å²) in [5.74, 6) is 0.0397. The number of rotatable bonds is 7. The lowest BCUT2D eigenvalue weighted by Gasteiger charge is -2.36. The molecule has 1 aliphatic heterocycles. The molecule has 0 radical (unpaired) electrons. The van der Waals surface area contributed by atoms with Gasteiger partial charge in [-0.15, -0.1) is 0 Å². The summed E-state index contributed by atoms with van der Waals surface area (Å²) >= 11 is 0. The maximum absolute atomic E-state index is 12.7. The van der Waals surface area contributed by atoms with E-state index in [-0.39, 0.29) is 11.9 Å².